The Morgan fingerprint density at radius 3 is 2.60 bits per heavy atom. The number of carbonyl (C=O) groups is 1. The summed E-state index contributed by atoms with van der Waals surface area (Å²) in [5, 5.41) is 6.61. The van der Waals surface area contributed by atoms with Crippen LogP contribution in [0.2, 0.25) is 0 Å². The first-order valence-corrected chi connectivity index (χ1v) is 10.9. The first-order valence-electron chi connectivity index (χ1n) is 9.18. The molecule has 30 heavy (non-hydrogen) atoms. The molecule has 0 aliphatic carbocycles. The lowest BCUT2D eigenvalue weighted by molar-refractivity contribution is -0.116. The average Bonchev–Trinajstić information content (AvgIpc) is 3.42. The standard InChI is InChI=1S/C20H18N4O4S2/c1-2-28-14-5-3-13(4-6-14)11-24-18(26)17-15(7-9-29-17)23(20(24)27)12-16(25)22-19-21-8-10-30-19/h3-10H,2,11-12H2,1H3,(H,21,22,25). The number of amides is 1. The summed E-state index contributed by atoms with van der Waals surface area (Å²) in [6.45, 7) is 2.35. The van der Waals surface area contributed by atoms with Crippen molar-refractivity contribution < 1.29 is 9.53 Å². The third-order valence-corrected chi connectivity index (χ3v) is 5.97. The molecular formula is C20H18N4O4S2. The Kier molecular flexibility index (Phi) is 5.77. The van der Waals surface area contributed by atoms with Gasteiger partial charge >= 0.3 is 5.69 Å². The van der Waals surface area contributed by atoms with Crippen molar-refractivity contribution in [2.45, 2.75) is 20.0 Å². The summed E-state index contributed by atoms with van der Waals surface area (Å²) in [4.78, 5) is 42.5. The molecule has 4 aromatic rings. The van der Waals surface area contributed by atoms with Crippen LogP contribution in [0.4, 0.5) is 5.13 Å². The third kappa shape index (κ3) is 4.05. The molecule has 0 spiro atoms. The number of carbonyl (C=O) groups excluding carboxylic acids is 1. The van der Waals surface area contributed by atoms with Gasteiger partial charge in [0.2, 0.25) is 5.91 Å². The maximum absolute atomic E-state index is 13.1. The Bertz CT molecular complexity index is 1290. The molecule has 1 aromatic carbocycles. The normalized spacial score (nSPS) is 11.0. The Hall–Kier alpha value is -3.24. The number of fused-ring (bicyclic) bond motifs is 1. The zero-order chi connectivity index (χ0) is 21.1. The fraction of sp³-hybridized carbons (Fsp3) is 0.200. The van der Waals surface area contributed by atoms with Crippen LogP contribution in [-0.2, 0) is 17.9 Å². The molecule has 1 amide bonds. The molecular weight excluding hydrogens is 424 g/mol. The Balaban J connectivity index is 1.69. The molecule has 3 aromatic heterocycles. The molecule has 8 nitrogen and oxygen atoms in total. The molecule has 0 aliphatic rings. The smallest absolute Gasteiger partial charge is 0.332 e. The van der Waals surface area contributed by atoms with Gasteiger partial charge in [-0.2, -0.15) is 0 Å². The second-order valence-electron chi connectivity index (χ2n) is 6.36. The summed E-state index contributed by atoms with van der Waals surface area (Å²) in [6, 6.07) is 8.91. The van der Waals surface area contributed by atoms with Crippen LogP contribution in [0.15, 0.2) is 56.9 Å². The molecule has 0 unspecified atom stereocenters. The van der Waals surface area contributed by atoms with Crippen molar-refractivity contribution >= 4 is 43.9 Å². The zero-order valence-electron chi connectivity index (χ0n) is 16.0. The van der Waals surface area contributed by atoms with E-state index in [4.69, 9.17) is 4.74 Å². The van der Waals surface area contributed by atoms with Gasteiger partial charge in [-0.1, -0.05) is 12.1 Å². The van der Waals surface area contributed by atoms with E-state index in [1.165, 1.54) is 27.2 Å². The highest BCUT2D eigenvalue weighted by molar-refractivity contribution is 7.17. The summed E-state index contributed by atoms with van der Waals surface area (Å²) >= 11 is 2.54. The molecule has 0 atom stereocenters. The average molecular weight is 443 g/mol. The highest BCUT2D eigenvalue weighted by atomic mass is 32.1. The summed E-state index contributed by atoms with van der Waals surface area (Å²) in [6.07, 6.45) is 1.58. The number of nitrogens with zero attached hydrogens (tertiary/aromatic N) is 3. The maximum Gasteiger partial charge on any atom is 0.332 e. The van der Waals surface area contributed by atoms with E-state index in [0.717, 1.165) is 15.9 Å². The molecule has 3 heterocycles. The van der Waals surface area contributed by atoms with Gasteiger partial charge in [0.05, 0.1) is 18.7 Å². The molecule has 1 N–H and O–H groups in total. The van der Waals surface area contributed by atoms with Gasteiger partial charge in [0, 0.05) is 11.6 Å². The molecule has 10 heteroatoms. The van der Waals surface area contributed by atoms with Crippen LogP contribution >= 0.6 is 22.7 Å². The number of hydrogen-bond acceptors (Lipinski definition) is 7. The van der Waals surface area contributed by atoms with Crippen LogP contribution < -0.4 is 21.3 Å². The number of hydrogen-bond donors (Lipinski definition) is 1. The van der Waals surface area contributed by atoms with Crippen molar-refractivity contribution in [2.75, 3.05) is 11.9 Å². The number of thiophene rings is 1. The van der Waals surface area contributed by atoms with Gasteiger partial charge in [-0.25, -0.2) is 9.78 Å². The van der Waals surface area contributed by atoms with E-state index in [1.54, 1.807) is 35.2 Å². The monoisotopic (exact) mass is 442 g/mol. The van der Waals surface area contributed by atoms with E-state index in [1.807, 2.05) is 19.1 Å². The van der Waals surface area contributed by atoms with Crippen molar-refractivity contribution in [3.63, 3.8) is 0 Å². The first-order chi connectivity index (χ1) is 14.6. The second-order valence-corrected chi connectivity index (χ2v) is 8.17. The highest BCUT2D eigenvalue weighted by Gasteiger charge is 2.17. The van der Waals surface area contributed by atoms with E-state index < -0.39 is 5.69 Å². The van der Waals surface area contributed by atoms with E-state index in [0.29, 0.717) is 22.0 Å². The van der Waals surface area contributed by atoms with Crippen molar-refractivity contribution in [1.29, 1.82) is 0 Å². The first kappa shape index (κ1) is 20.0. The molecule has 0 bridgehead atoms. The number of nitrogens with one attached hydrogen (secondary N) is 1. The number of aromatic nitrogens is 3. The van der Waals surface area contributed by atoms with Crippen LogP contribution in [0.1, 0.15) is 12.5 Å². The summed E-state index contributed by atoms with van der Waals surface area (Å²) < 4.78 is 8.35. The molecule has 4 rings (SSSR count). The van der Waals surface area contributed by atoms with Gasteiger partial charge in [-0.3, -0.25) is 18.7 Å². The van der Waals surface area contributed by atoms with Crippen LogP contribution in [0.3, 0.4) is 0 Å². The van der Waals surface area contributed by atoms with Gasteiger partial charge in [-0.15, -0.1) is 22.7 Å². The van der Waals surface area contributed by atoms with Crippen molar-refractivity contribution in [1.82, 2.24) is 14.1 Å². The lowest BCUT2D eigenvalue weighted by Gasteiger charge is -2.12. The van der Waals surface area contributed by atoms with Crippen molar-refractivity contribution in [3.05, 3.63) is 73.7 Å². The summed E-state index contributed by atoms with van der Waals surface area (Å²) in [5.74, 6) is 0.337. The molecule has 0 aliphatic heterocycles. The van der Waals surface area contributed by atoms with Crippen molar-refractivity contribution in [3.8, 4) is 5.75 Å². The van der Waals surface area contributed by atoms with Crippen LogP contribution in [0, 0.1) is 0 Å². The van der Waals surface area contributed by atoms with E-state index in [-0.39, 0.29) is 24.6 Å². The van der Waals surface area contributed by atoms with Gasteiger partial charge in [0.15, 0.2) is 5.13 Å². The Labute approximate surface area is 179 Å². The SMILES string of the molecule is CCOc1ccc(Cn2c(=O)c3sccc3n(CC(=O)Nc3nccs3)c2=O)cc1. The second kappa shape index (κ2) is 8.64. The minimum Gasteiger partial charge on any atom is -0.494 e. The van der Waals surface area contributed by atoms with Crippen LogP contribution in [0.25, 0.3) is 10.2 Å². The Morgan fingerprint density at radius 1 is 1.10 bits per heavy atom. The fourth-order valence-corrected chi connectivity index (χ4v) is 4.44. The van der Waals surface area contributed by atoms with Gasteiger partial charge in [0.1, 0.15) is 17.0 Å². The quantitative estimate of drug-likeness (QED) is 0.475. The topological polar surface area (TPSA) is 95.2 Å². The van der Waals surface area contributed by atoms with Crippen LogP contribution in [-0.4, -0.2) is 26.6 Å². The lowest BCUT2D eigenvalue weighted by atomic mass is 10.2. The predicted molar refractivity (Wildman–Crippen MR) is 118 cm³/mol. The minimum atomic E-state index is -0.533. The minimum absolute atomic E-state index is 0.103. The number of anilines is 1. The highest BCUT2D eigenvalue weighted by Crippen LogP contribution is 2.17. The van der Waals surface area contributed by atoms with Crippen LogP contribution in [0.5, 0.6) is 5.75 Å². The zero-order valence-corrected chi connectivity index (χ0v) is 17.7. The fourth-order valence-electron chi connectivity index (χ4n) is 3.05. The third-order valence-electron chi connectivity index (χ3n) is 4.39. The largest absolute Gasteiger partial charge is 0.494 e. The van der Waals surface area contributed by atoms with Crippen molar-refractivity contribution in [2.24, 2.45) is 0 Å². The molecule has 154 valence electrons. The van der Waals surface area contributed by atoms with Gasteiger partial charge < -0.3 is 10.1 Å². The van der Waals surface area contributed by atoms with E-state index >= 15 is 0 Å². The lowest BCUT2D eigenvalue weighted by Crippen LogP contribution is -2.41. The maximum atomic E-state index is 13.1. The molecule has 0 saturated carbocycles. The summed E-state index contributed by atoms with van der Waals surface area (Å²) in [7, 11) is 0. The van der Waals surface area contributed by atoms with Gasteiger partial charge in [0.25, 0.3) is 5.56 Å². The molecule has 0 radical (unpaired) electrons. The Morgan fingerprint density at radius 2 is 1.90 bits per heavy atom. The molecule has 0 saturated heterocycles. The number of ether oxygens (including phenoxy) is 1. The summed E-state index contributed by atoms with van der Waals surface area (Å²) in [5.41, 5.74) is 0.337. The number of thiazole rings is 1. The molecule has 0 fully saturated rings. The van der Waals surface area contributed by atoms with E-state index in [9.17, 15) is 14.4 Å². The number of benzene rings is 1. The predicted octanol–water partition coefficient (Wildman–Crippen LogP) is 2.77. The van der Waals surface area contributed by atoms with Gasteiger partial charge in [-0.05, 0) is 36.1 Å². The van der Waals surface area contributed by atoms with E-state index in [2.05, 4.69) is 10.3 Å². The number of rotatable bonds is 7.